The number of ether oxygens (including phenoxy) is 1. The van der Waals surface area contributed by atoms with E-state index in [4.69, 9.17) is 4.74 Å². The number of nitrogens with one attached hydrogen (secondary N) is 1. The van der Waals surface area contributed by atoms with Crippen LogP contribution in [-0.2, 0) is 9.59 Å². The molecule has 1 aliphatic heterocycles. The van der Waals surface area contributed by atoms with Crippen molar-refractivity contribution in [3.8, 4) is 11.5 Å². The van der Waals surface area contributed by atoms with E-state index in [0.29, 0.717) is 0 Å². The first-order valence-electron chi connectivity index (χ1n) is 7.95. The fraction of sp³-hybridized carbons (Fsp3) is 0.0556. The number of phenols is 1. The van der Waals surface area contributed by atoms with Gasteiger partial charge < -0.3 is 9.84 Å². The number of hydrogen-bond donors (Lipinski definition) is 2. The monoisotopic (exact) mass is 461 g/mol. The maximum absolute atomic E-state index is 12.8. The van der Waals surface area contributed by atoms with Crippen LogP contribution in [0.2, 0.25) is 0 Å². The molecule has 0 atom stereocenters. The Labute approximate surface area is 171 Å². The summed E-state index contributed by atoms with van der Waals surface area (Å²) in [7, 11) is 1.20. The van der Waals surface area contributed by atoms with Gasteiger partial charge in [0.1, 0.15) is 5.57 Å². The molecule has 29 heavy (non-hydrogen) atoms. The van der Waals surface area contributed by atoms with Crippen LogP contribution in [0.5, 0.6) is 11.5 Å². The molecule has 0 radical (unpaired) electrons. The van der Waals surface area contributed by atoms with E-state index in [-0.39, 0.29) is 17.0 Å². The van der Waals surface area contributed by atoms with Crippen molar-refractivity contribution < 1.29 is 29.2 Å². The number of imide groups is 2. The van der Waals surface area contributed by atoms with E-state index < -0.39 is 39.8 Å². The number of rotatable bonds is 4. The largest absolute Gasteiger partial charge is 0.500 e. The van der Waals surface area contributed by atoms with Gasteiger partial charge in [0.25, 0.3) is 11.8 Å². The Morgan fingerprint density at radius 2 is 1.86 bits per heavy atom. The molecule has 11 heteroatoms. The summed E-state index contributed by atoms with van der Waals surface area (Å²) in [4.78, 5) is 48.3. The van der Waals surface area contributed by atoms with E-state index in [1.54, 1.807) is 12.1 Å². The van der Waals surface area contributed by atoms with Gasteiger partial charge in [-0.15, -0.1) is 0 Å². The van der Waals surface area contributed by atoms with E-state index in [1.807, 2.05) is 0 Å². The molecule has 10 nitrogen and oxygen atoms in total. The summed E-state index contributed by atoms with van der Waals surface area (Å²) >= 11 is 3.25. The first-order chi connectivity index (χ1) is 13.7. The predicted octanol–water partition coefficient (Wildman–Crippen LogP) is 2.74. The van der Waals surface area contributed by atoms with E-state index in [1.165, 1.54) is 25.3 Å². The molecule has 0 bridgehead atoms. The molecule has 1 aliphatic rings. The first-order valence-corrected chi connectivity index (χ1v) is 8.74. The van der Waals surface area contributed by atoms with Crippen LogP contribution in [-0.4, -0.2) is 35.0 Å². The van der Waals surface area contributed by atoms with Crippen molar-refractivity contribution in [2.45, 2.75) is 0 Å². The van der Waals surface area contributed by atoms with Crippen LogP contribution in [0.3, 0.4) is 0 Å². The lowest BCUT2D eigenvalue weighted by molar-refractivity contribution is -0.386. The van der Waals surface area contributed by atoms with Gasteiger partial charge in [-0.05, 0) is 42.0 Å². The molecule has 1 fully saturated rings. The highest BCUT2D eigenvalue weighted by molar-refractivity contribution is 9.10. The fourth-order valence-corrected chi connectivity index (χ4v) is 2.91. The van der Waals surface area contributed by atoms with Gasteiger partial charge in [-0.2, -0.15) is 0 Å². The van der Waals surface area contributed by atoms with Crippen LogP contribution in [0.1, 0.15) is 5.56 Å². The van der Waals surface area contributed by atoms with Crippen LogP contribution < -0.4 is 15.0 Å². The Hall–Kier alpha value is -3.73. The number of nitrogens with zero attached hydrogens (tertiary/aromatic N) is 2. The normalized spacial score (nSPS) is 15.4. The number of hydrogen-bond acceptors (Lipinski definition) is 7. The highest BCUT2D eigenvalue weighted by Crippen LogP contribution is 2.37. The SMILES string of the molecule is COc1cc(C=C2C(=O)NC(=O)N(c3ccc(Br)cc3)C2=O)cc([N+](=O)[O-])c1O. The number of nitro groups is 1. The number of urea groups is 1. The van der Waals surface area contributed by atoms with Gasteiger partial charge in [-0.1, -0.05) is 15.9 Å². The number of amides is 4. The average Bonchev–Trinajstić information content (AvgIpc) is 2.67. The Balaban J connectivity index is 2.08. The van der Waals surface area contributed by atoms with Crippen molar-refractivity contribution in [1.29, 1.82) is 0 Å². The molecular formula is C18H12BrN3O7. The summed E-state index contributed by atoms with van der Waals surface area (Å²) in [5, 5.41) is 23.0. The fourth-order valence-electron chi connectivity index (χ4n) is 2.64. The topological polar surface area (TPSA) is 139 Å². The van der Waals surface area contributed by atoms with Gasteiger partial charge in [-0.25, -0.2) is 9.69 Å². The quantitative estimate of drug-likeness (QED) is 0.308. The smallest absolute Gasteiger partial charge is 0.335 e. The Kier molecular flexibility index (Phi) is 5.33. The molecule has 2 N–H and O–H groups in total. The summed E-state index contributed by atoms with van der Waals surface area (Å²) in [5.74, 6) is -2.76. The molecule has 2 aromatic rings. The van der Waals surface area contributed by atoms with Gasteiger partial charge in [-0.3, -0.25) is 25.0 Å². The summed E-state index contributed by atoms with van der Waals surface area (Å²) in [6, 6.07) is 7.51. The predicted molar refractivity (Wildman–Crippen MR) is 104 cm³/mol. The molecule has 1 heterocycles. The summed E-state index contributed by atoms with van der Waals surface area (Å²) in [5.41, 5.74) is -0.811. The van der Waals surface area contributed by atoms with Gasteiger partial charge in [0.15, 0.2) is 5.75 Å². The van der Waals surface area contributed by atoms with Crippen LogP contribution >= 0.6 is 15.9 Å². The number of benzene rings is 2. The molecule has 0 spiro atoms. The lowest BCUT2D eigenvalue weighted by Gasteiger charge is -2.26. The average molecular weight is 462 g/mol. The second-order valence-corrected chi connectivity index (χ2v) is 6.70. The van der Waals surface area contributed by atoms with Crippen molar-refractivity contribution in [3.63, 3.8) is 0 Å². The third kappa shape index (κ3) is 3.80. The molecule has 2 aromatic carbocycles. The van der Waals surface area contributed by atoms with Crippen LogP contribution in [0.4, 0.5) is 16.2 Å². The number of aromatic hydroxyl groups is 1. The number of nitro benzene ring substituents is 1. The summed E-state index contributed by atoms with van der Waals surface area (Å²) in [6.07, 6.45) is 1.07. The molecule has 148 valence electrons. The highest BCUT2D eigenvalue weighted by Gasteiger charge is 2.37. The lowest BCUT2D eigenvalue weighted by atomic mass is 10.1. The second kappa shape index (κ2) is 7.72. The Morgan fingerprint density at radius 1 is 1.21 bits per heavy atom. The number of anilines is 1. The minimum absolute atomic E-state index is 0.0509. The highest BCUT2D eigenvalue weighted by atomic mass is 79.9. The standard InChI is InChI=1S/C18H12BrN3O7/c1-29-14-8-9(7-13(15(14)23)22(27)28)6-12-16(24)20-18(26)21(17(12)25)11-4-2-10(19)3-5-11/h2-8,23H,1H3,(H,20,24,26). The van der Waals surface area contributed by atoms with E-state index in [0.717, 1.165) is 21.5 Å². The minimum Gasteiger partial charge on any atom is -0.500 e. The number of methoxy groups -OCH3 is 1. The van der Waals surface area contributed by atoms with E-state index in [2.05, 4.69) is 21.2 Å². The van der Waals surface area contributed by atoms with Crippen molar-refractivity contribution in [1.82, 2.24) is 5.32 Å². The number of carbonyl (C=O) groups is 3. The zero-order valence-corrected chi connectivity index (χ0v) is 16.3. The van der Waals surface area contributed by atoms with Crippen molar-refractivity contribution >= 4 is 51.2 Å². The lowest BCUT2D eigenvalue weighted by Crippen LogP contribution is -2.54. The maximum atomic E-state index is 12.8. The van der Waals surface area contributed by atoms with Gasteiger partial charge in [0.05, 0.1) is 17.7 Å². The van der Waals surface area contributed by atoms with Crippen LogP contribution in [0, 0.1) is 10.1 Å². The number of halogens is 1. The molecule has 4 amide bonds. The van der Waals surface area contributed by atoms with E-state index in [9.17, 15) is 29.6 Å². The van der Waals surface area contributed by atoms with Crippen LogP contribution in [0.15, 0.2) is 46.4 Å². The number of phenolic OH excluding ortho intramolecular Hbond substituents is 1. The maximum Gasteiger partial charge on any atom is 0.335 e. The van der Waals surface area contributed by atoms with Crippen molar-refractivity contribution in [3.05, 3.63) is 62.1 Å². The van der Waals surface area contributed by atoms with Crippen molar-refractivity contribution in [2.75, 3.05) is 12.0 Å². The summed E-state index contributed by atoms with van der Waals surface area (Å²) in [6.45, 7) is 0. The number of carbonyl (C=O) groups excluding carboxylic acids is 3. The zero-order valence-electron chi connectivity index (χ0n) is 14.7. The molecule has 0 saturated carbocycles. The van der Waals surface area contributed by atoms with Crippen LogP contribution in [0.25, 0.3) is 6.08 Å². The van der Waals surface area contributed by atoms with Gasteiger partial charge in [0.2, 0.25) is 5.75 Å². The third-order valence-electron chi connectivity index (χ3n) is 3.99. The molecular weight excluding hydrogens is 450 g/mol. The third-order valence-corrected chi connectivity index (χ3v) is 4.52. The van der Waals surface area contributed by atoms with Gasteiger partial charge >= 0.3 is 11.7 Å². The molecule has 0 aliphatic carbocycles. The Bertz CT molecular complexity index is 1080. The summed E-state index contributed by atoms with van der Waals surface area (Å²) < 4.78 is 5.62. The minimum atomic E-state index is -0.956. The van der Waals surface area contributed by atoms with E-state index >= 15 is 0 Å². The zero-order chi connectivity index (χ0) is 21.3. The first kappa shape index (κ1) is 20.0. The van der Waals surface area contributed by atoms with Gasteiger partial charge in [0, 0.05) is 10.5 Å². The molecule has 1 saturated heterocycles. The molecule has 0 aromatic heterocycles. The Morgan fingerprint density at radius 3 is 2.45 bits per heavy atom. The molecule has 0 unspecified atom stereocenters. The number of barbiturate groups is 1. The molecule has 3 rings (SSSR count). The van der Waals surface area contributed by atoms with Crippen molar-refractivity contribution in [2.24, 2.45) is 0 Å². The second-order valence-electron chi connectivity index (χ2n) is 5.78.